The van der Waals surface area contributed by atoms with Gasteiger partial charge in [0.2, 0.25) is 0 Å². The number of benzene rings is 4. The van der Waals surface area contributed by atoms with Crippen LogP contribution >= 0.6 is 0 Å². The monoisotopic (exact) mass is 468 g/mol. The Morgan fingerprint density at radius 2 is 1.11 bits per heavy atom. The number of rotatable bonds is 8. The number of hydrogen-bond donors (Lipinski definition) is 1. The first-order chi connectivity index (χ1) is 17.0. The van der Waals surface area contributed by atoms with E-state index in [1.165, 1.54) is 24.3 Å². The minimum atomic E-state index is -1.05. The average molecular weight is 469 g/mol. The van der Waals surface area contributed by atoms with Gasteiger partial charge in [0.15, 0.2) is 6.10 Å². The fourth-order valence-electron chi connectivity index (χ4n) is 3.52. The van der Waals surface area contributed by atoms with E-state index in [-0.39, 0.29) is 11.3 Å². The predicted octanol–water partition coefficient (Wildman–Crippen LogP) is 5.55. The normalized spacial score (nSPS) is 12.3. The first-order valence-electron chi connectivity index (χ1n) is 11.0. The molecule has 4 aromatic carbocycles. The summed E-state index contributed by atoms with van der Waals surface area (Å²) in [5.74, 6) is -0.220. The number of esters is 2. The molecule has 0 heterocycles. The van der Waals surface area contributed by atoms with Gasteiger partial charge in [-0.25, -0.2) is 9.59 Å². The first-order valence-corrected chi connectivity index (χ1v) is 11.0. The van der Waals surface area contributed by atoms with Crippen LogP contribution in [0.1, 0.15) is 44.1 Å². The molecule has 0 saturated heterocycles. The topological polar surface area (TPSA) is 82.1 Å². The van der Waals surface area contributed by atoms with Crippen molar-refractivity contribution in [1.82, 2.24) is 0 Å². The number of ether oxygens (including phenoxy) is 3. The van der Waals surface area contributed by atoms with Gasteiger partial charge in [-0.2, -0.15) is 0 Å². The number of carbonyl (C=O) groups is 2. The van der Waals surface area contributed by atoms with Crippen molar-refractivity contribution in [2.75, 3.05) is 7.11 Å². The Kier molecular flexibility index (Phi) is 7.55. The van der Waals surface area contributed by atoms with Gasteiger partial charge in [0.1, 0.15) is 17.6 Å². The molecular formula is C29H24O6. The van der Waals surface area contributed by atoms with Gasteiger partial charge in [0.05, 0.1) is 18.2 Å². The van der Waals surface area contributed by atoms with Crippen molar-refractivity contribution in [2.24, 2.45) is 0 Å². The van der Waals surface area contributed by atoms with Crippen LogP contribution in [0.25, 0.3) is 0 Å². The van der Waals surface area contributed by atoms with Gasteiger partial charge in [-0.05, 0) is 59.7 Å². The Hall–Kier alpha value is -4.42. The Morgan fingerprint density at radius 1 is 0.629 bits per heavy atom. The molecule has 0 unspecified atom stereocenters. The molecule has 0 radical (unpaired) electrons. The number of aliphatic hydroxyl groups excluding tert-OH is 1. The van der Waals surface area contributed by atoms with Gasteiger partial charge in [0.25, 0.3) is 0 Å². The van der Waals surface area contributed by atoms with Gasteiger partial charge in [-0.1, -0.05) is 60.7 Å². The lowest BCUT2D eigenvalue weighted by atomic mass is 9.98. The van der Waals surface area contributed by atoms with Gasteiger partial charge in [-0.3, -0.25) is 0 Å². The zero-order valence-corrected chi connectivity index (χ0v) is 19.0. The summed E-state index contributed by atoms with van der Waals surface area (Å²) < 4.78 is 16.2. The SMILES string of the molecule is COc1ccc(C(=O)Oc2ccc(C(=O)O[C@@H](c3ccccc3)[C@@H](O)c3ccccc3)cc2)cc1. The molecule has 6 nitrogen and oxygen atoms in total. The highest BCUT2D eigenvalue weighted by molar-refractivity contribution is 5.92. The van der Waals surface area contributed by atoms with Crippen LogP contribution in [0.2, 0.25) is 0 Å². The lowest BCUT2D eigenvalue weighted by Gasteiger charge is -2.24. The average Bonchev–Trinajstić information content (AvgIpc) is 2.92. The maximum absolute atomic E-state index is 12.9. The van der Waals surface area contributed by atoms with Crippen molar-refractivity contribution in [2.45, 2.75) is 12.2 Å². The van der Waals surface area contributed by atoms with Gasteiger partial charge >= 0.3 is 11.9 Å². The van der Waals surface area contributed by atoms with Crippen LogP contribution in [0, 0.1) is 0 Å². The summed E-state index contributed by atoms with van der Waals surface area (Å²) in [4.78, 5) is 25.3. The van der Waals surface area contributed by atoms with Crippen LogP contribution < -0.4 is 9.47 Å². The van der Waals surface area contributed by atoms with E-state index in [1.54, 1.807) is 55.6 Å². The summed E-state index contributed by atoms with van der Waals surface area (Å²) in [5.41, 5.74) is 1.93. The van der Waals surface area contributed by atoms with E-state index < -0.39 is 24.1 Å². The maximum atomic E-state index is 12.9. The van der Waals surface area contributed by atoms with E-state index in [0.29, 0.717) is 22.4 Å². The molecule has 0 aromatic heterocycles. The number of carbonyl (C=O) groups excluding carboxylic acids is 2. The van der Waals surface area contributed by atoms with Crippen molar-refractivity contribution in [3.63, 3.8) is 0 Å². The highest BCUT2D eigenvalue weighted by atomic mass is 16.6. The highest BCUT2D eigenvalue weighted by Crippen LogP contribution is 2.33. The number of aliphatic hydroxyl groups is 1. The third kappa shape index (κ3) is 5.93. The third-order valence-electron chi connectivity index (χ3n) is 5.42. The van der Waals surface area contributed by atoms with E-state index in [0.717, 1.165) is 0 Å². The Bertz CT molecular complexity index is 1250. The molecule has 1 N–H and O–H groups in total. The van der Waals surface area contributed by atoms with E-state index in [2.05, 4.69) is 0 Å². The molecular weight excluding hydrogens is 444 g/mol. The predicted molar refractivity (Wildman–Crippen MR) is 130 cm³/mol. The van der Waals surface area contributed by atoms with E-state index in [9.17, 15) is 14.7 Å². The fourth-order valence-corrected chi connectivity index (χ4v) is 3.52. The molecule has 0 aliphatic carbocycles. The minimum absolute atomic E-state index is 0.260. The van der Waals surface area contributed by atoms with E-state index in [1.807, 2.05) is 36.4 Å². The van der Waals surface area contributed by atoms with Crippen molar-refractivity contribution < 1.29 is 28.9 Å². The summed E-state index contributed by atoms with van der Waals surface area (Å²) in [7, 11) is 1.55. The Morgan fingerprint density at radius 3 is 1.66 bits per heavy atom. The summed E-state index contributed by atoms with van der Waals surface area (Å²) >= 11 is 0. The molecule has 0 saturated carbocycles. The van der Waals surface area contributed by atoms with Crippen molar-refractivity contribution in [3.8, 4) is 11.5 Å². The second kappa shape index (κ2) is 11.1. The molecule has 0 fully saturated rings. The Labute approximate surface area is 203 Å². The number of methoxy groups -OCH3 is 1. The summed E-state index contributed by atoms with van der Waals surface area (Å²) in [5, 5.41) is 11.0. The molecule has 0 amide bonds. The van der Waals surface area contributed by atoms with Crippen LogP contribution in [0.4, 0.5) is 0 Å². The summed E-state index contributed by atoms with van der Waals surface area (Å²) in [6, 6.07) is 30.7. The standard InChI is InChI=1S/C29H24O6/c1-33-24-16-12-22(13-17-24)28(31)34-25-18-14-23(15-19-25)29(32)35-27(21-10-6-3-7-11-21)26(30)20-8-4-2-5-9-20/h2-19,26-27,30H,1H3/t26-,27-/m0/s1. The third-order valence-corrected chi connectivity index (χ3v) is 5.42. The molecule has 176 valence electrons. The first kappa shape index (κ1) is 23.7. The zero-order chi connectivity index (χ0) is 24.6. The highest BCUT2D eigenvalue weighted by Gasteiger charge is 2.27. The van der Waals surface area contributed by atoms with Crippen LogP contribution in [-0.4, -0.2) is 24.2 Å². The van der Waals surface area contributed by atoms with E-state index in [4.69, 9.17) is 14.2 Å². The molecule has 0 aliphatic heterocycles. The quantitative estimate of drug-likeness (QED) is 0.270. The van der Waals surface area contributed by atoms with Crippen molar-refractivity contribution in [3.05, 3.63) is 131 Å². The van der Waals surface area contributed by atoms with Crippen LogP contribution in [0.3, 0.4) is 0 Å². The Balaban J connectivity index is 1.47. The molecule has 6 heteroatoms. The van der Waals surface area contributed by atoms with Gasteiger partial charge in [0, 0.05) is 0 Å². The smallest absolute Gasteiger partial charge is 0.343 e. The van der Waals surface area contributed by atoms with Crippen LogP contribution in [-0.2, 0) is 4.74 Å². The van der Waals surface area contributed by atoms with Gasteiger partial charge in [-0.15, -0.1) is 0 Å². The largest absolute Gasteiger partial charge is 0.497 e. The molecule has 35 heavy (non-hydrogen) atoms. The lowest BCUT2D eigenvalue weighted by molar-refractivity contribution is -0.0209. The van der Waals surface area contributed by atoms with E-state index >= 15 is 0 Å². The second-order valence-corrected chi connectivity index (χ2v) is 7.73. The summed E-state index contributed by atoms with van der Waals surface area (Å²) in [6.45, 7) is 0. The fraction of sp³-hybridized carbons (Fsp3) is 0.103. The molecule has 0 bridgehead atoms. The van der Waals surface area contributed by atoms with Crippen molar-refractivity contribution in [1.29, 1.82) is 0 Å². The molecule has 4 aromatic rings. The molecule has 0 aliphatic rings. The van der Waals surface area contributed by atoms with Gasteiger partial charge < -0.3 is 19.3 Å². The van der Waals surface area contributed by atoms with Crippen LogP contribution in [0.15, 0.2) is 109 Å². The molecule has 0 spiro atoms. The summed E-state index contributed by atoms with van der Waals surface area (Å²) in [6.07, 6.45) is -1.95. The zero-order valence-electron chi connectivity index (χ0n) is 19.0. The van der Waals surface area contributed by atoms with Crippen molar-refractivity contribution >= 4 is 11.9 Å². The maximum Gasteiger partial charge on any atom is 0.343 e. The molecule has 4 rings (SSSR count). The minimum Gasteiger partial charge on any atom is -0.497 e. The lowest BCUT2D eigenvalue weighted by Crippen LogP contribution is -2.18. The number of hydrogen-bond acceptors (Lipinski definition) is 6. The molecule has 2 atom stereocenters. The van der Waals surface area contributed by atoms with Crippen LogP contribution in [0.5, 0.6) is 11.5 Å². The second-order valence-electron chi connectivity index (χ2n) is 7.73.